The highest BCUT2D eigenvalue weighted by molar-refractivity contribution is 6.12. The second-order valence-corrected chi connectivity index (χ2v) is 4.43. The molecule has 1 heterocycles. The summed E-state index contributed by atoms with van der Waals surface area (Å²) in [6.45, 7) is 1.67. The molecular formula is C14H12N2O2. The third kappa shape index (κ3) is 1.62. The number of carbonyl (C=O) groups is 2. The molecule has 0 aliphatic carbocycles. The van der Waals surface area contributed by atoms with E-state index in [2.05, 4.69) is 10.6 Å². The van der Waals surface area contributed by atoms with Gasteiger partial charge in [-0.15, -0.1) is 0 Å². The molecule has 2 amide bonds. The monoisotopic (exact) mass is 240 g/mol. The normalized spacial score (nSPS) is 18.8. The van der Waals surface area contributed by atoms with Crippen molar-refractivity contribution in [2.24, 2.45) is 0 Å². The minimum atomic E-state index is -0.520. The van der Waals surface area contributed by atoms with Crippen molar-refractivity contribution in [1.29, 1.82) is 0 Å². The highest BCUT2D eigenvalue weighted by Crippen LogP contribution is 2.25. The van der Waals surface area contributed by atoms with Crippen molar-refractivity contribution >= 4 is 28.3 Å². The van der Waals surface area contributed by atoms with Crippen LogP contribution in [0.15, 0.2) is 36.4 Å². The molecule has 0 spiro atoms. The molecule has 1 aliphatic rings. The summed E-state index contributed by atoms with van der Waals surface area (Å²) in [5.74, 6) is -0.418. The van der Waals surface area contributed by atoms with E-state index < -0.39 is 6.04 Å². The molecule has 2 aromatic rings. The largest absolute Gasteiger partial charge is 0.340 e. The fraction of sp³-hybridized carbons (Fsp3) is 0.143. The van der Waals surface area contributed by atoms with Crippen LogP contribution in [0.5, 0.6) is 0 Å². The van der Waals surface area contributed by atoms with Gasteiger partial charge in [0.05, 0.1) is 11.3 Å². The molecule has 4 heteroatoms. The fourth-order valence-corrected chi connectivity index (χ4v) is 2.11. The first-order valence-electron chi connectivity index (χ1n) is 5.79. The molecule has 1 unspecified atom stereocenters. The van der Waals surface area contributed by atoms with E-state index >= 15 is 0 Å². The third-order valence-corrected chi connectivity index (χ3v) is 3.13. The topological polar surface area (TPSA) is 58.2 Å². The Morgan fingerprint density at radius 3 is 2.44 bits per heavy atom. The van der Waals surface area contributed by atoms with Gasteiger partial charge in [-0.25, -0.2) is 0 Å². The summed E-state index contributed by atoms with van der Waals surface area (Å²) in [5.41, 5.74) is 1.08. The van der Waals surface area contributed by atoms with Gasteiger partial charge < -0.3 is 10.6 Å². The van der Waals surface area contributed by atoms with E-state index in [4.69, 9.17) is 0 Å². The second kappa shape index (κ2) is 3.84. The Labute approximate surface area is 104 Å². The zero-order valence-electron chi connectivity index (χ0n) is 9.86. The molecule has 2 N–H and O–H groups in total. The van der Waals surface area contributed by atoms with Crippen molar-refractivity contribution < 1.29 is 9.59 Å². The molecular weight excluding hydrogens is 228 g/mol. The lowest BCUT2D eigenvalue weighted by molar-refractivity contribution is -0.117. The number of amides is 2. The maximum absolute atomic E-state index is 12.0. The van der Waals surface area contributed by atoms with Gasteiger partial charge in [-0.05, 0) is 29.8 Å². The summed E-state index contributed by atoms with van der Waals surface area (Å²) in [6.07, 6.45) is 0. The summed E-state index contributed by atoms with van der Waals surface area (Å²) in [4.78, 5) is 23.7. The van der Waals surface area contributed by atoms with Crippen LogP contribution >= 0.6 is 0 Å². The van der Waals surface area contributed by atoms with Crippen molar-refractivity contribution in [2.45, 2.75) is 13.0 Å². The smallest absolute Gasteiger partial charge is 0.254 e. The van der Waals surface area contributed by atoms with Gasteiger partial charge in [0.1, 0.15) is 6.04 Å². The molecule has 2 aromatic carbocycles. The van der Waals surface area contributed by atoms with Crippen LogP contribution in [0.2, 0.25) is 0 Å². The number of hydrogen-bond donors (Lipinski definition) is 2. The van der Waals surface area contributed by atoms with E-state index in [1.807, 2.05) is 30.3 Å². The minimum absolute atomic E-state index is 0.197. The number of rotatable bonds is 0. The Kier molecular flexibility index (Phi) is 2.30. The van der Waals surface area contributed by atoms with Gasteiger partial charge in [0.2, 0.25) is 5.91 Å². The maximum atomic E-state index is 12.0. The van der Waals surface area contributed by atoms with Crippen molar-refractivity contribution in [1.82, 2.24) is 5.32 Å². The molecule has 1 atom stereocenters. The van der Waals surface area contributed by atoms with Crippen LogP contribution in [0.1, 0.15) is 17.3 Å². The Hall–Kier alpha value is -2.36. The van der Waals surface area contributed by atoms with Crippen molar-refractivity contribution in [3.8, 4) is 0 Å². The standard InChI is InChI=1S/C14H12N2O2/c1-8-13(17)16-12-7-10-5-3-2-4-9(10)6-11(12)14(18)15-8/h2-8H,1H3,(H,15,18)(H,16,17). The molecule has 4 nitrogen and oxygen atoms in total. The van der Waals surface area contributed by atoms with Crippen LogP contribution in [0.25, 0.3) is 10.8 Å². The molecule has 3 rings (SSSR count). The van der Waals surface area contributed by atoms with Crippen LogP contribution in [-0.4, -0.2) is 17.9 Å². The highest BCUT2D eigenvalue weighted by atomic mass is 16.2. The Morgan fingerprint density at radius 2 is 1.72 bits per heavy atom. The van der Waals surface area contributed by atoms with Gasteiger partial charge in [0, 0.05) is 0 Å². The van der Waals surface area contributed by atoms with Gasteiger partial charge in [-0.2, -0.15) is 0 Å². The Balaban J connectivity index is 2.23. The Morgan fingerprint density at radius 1 is 1.06 bits per heavy atom. The minimum Gasteiger partial charge on any atom is -0.340 e. The van der Waals surface area contributed by atoms with E-state index in [9.17, 15) is 9.59 Å². The fourth-order valence-electron chi connectivity index (χ4n) is 2.11. The van der Waals surface area contributed by atoms with Crippen LogP contribution in [0.4, 0.5) is 5.69 Å². The number of fused-ring (bicyclic) bond motifs is 2. The quantitative estimate of drug-likeness (QED) is 0.739. The molecule has 0 aromatic heterocycles. The van der Waals surface area contributed by atoms with E-state index in [1.165, 1.54) is 0 Å². The average molecular weight is 240 g/mol. The molecule has 90 valence electrons. The van der Waals surface area contributed by atoms with Gasteiger partial charge >= 0.3 is 0 Å². The molecule has 0 fully saturated rings. The van der Waals surface area contributed by atoms with Crippen LogP contribution in [0.3, 0.4) is 0 Å². The number of carbonyl (C=O) groups excluding carboxylic acids is 2. The number of nitrogens with one attached hydrogen (secondary N) is 2. The molecule has 0 radical (unpaired) electrons. The van der Waals surface area contributed by atoms with Crippen LogP contribution in [-0.2, 0) is 4.79 Å². The average Bonchev–Trinajstić information content (AvgIpc) is 2.46. The molecule has 1 aliphatic heterocycles. The Bertz CT molecular complexity index is 664. The zero-order valence-corrected chi connectivity index (χ0v) is 9.86. The first-order chi connectivity index (χ1) is 8.65. The van der Waals surface area contributed by atoms with Crippen LogP contribution in [0, 0.1) is 0 Å². The second-order valence-electron chi connectivity index (χ2n) is 4.43. The van der Waals surface area contributed by atoms with Crippen molar-refractivity contribution in [3.63, 3.8) is 0 Å². The lowest BCUT2D eigenvalue weighted by Crippen LogP contribution is -2.38. The van der Waals surface area contributed by atoms with Crippen molar-refractivity contribution in [2.75, 3.05) is 5.32 Å². The summed E-state index contributed by atoms with van der Waals surface area (Å²) in [7, 11) is 0. The predicted octanol–water partition coefficient (Wildman–Crippen LogP) is 1.91. The molecule has 18 heavy (non-hydrogen) atoms. The lowest BCUT2D eigenvalue weighted by Gasteiger charge is -2.07. The van der Waals surface area contributed by atoms with E-state index in [0.717, 1.165) is 10.8 Å². The van der Waals surface area contributed by atoms with E-state index in [-0.39, 0.29) is 11.8 Å². The molecule has 0 saturated carbocycles. The first-order valence-corrected chi connectivity index (χ1v) is 5.79. The summed E-state index contributed by atoms with van der Waals surface area (Å²) in [5, 5.41) is 7.41. The third-order valence-electron chi connectivity index (χ3n) is 3.13. The summed E-state index contributed by atoms with van der Waals surface area (Å²) in [6, 6.07) is 10.9. The summed E-state index contributed by atoms with van der Waals surface area (Å²) >= 11 is 0. The number of benzene rings is 2. The molecule has 0 saturated heterocycles. The van der Waals surface area contributed by atoms with Gasteiger partial charge in [0.25, 0.3) is 5.91 Å². The predicted molar refractivity (Wildman–Crippen MR) is 69.5 cm³/mol. The van der Waals surface area contributed by atoms with Gasteiger partial charge in [-0.1, -0.05) is 24.3 Å². The van der Waals surface area contributed by atoms with E-state index in [0.29, 0.717) is 11.3 Å². The highest BCUT2D eigenvalue weighted by Gasteiger charge is 2.24. The SMILES string of the molecule is CC1NC(=O)c2cc3ccccc3cc2NC1=O. The summed E-state index contributed by atoms with van der Waals surface area (Å²) < 4.78 is 0. The maximum Gasteiger partial charge on any atom is 0.254 e. The number of hydrogen-bond acceptors (Lipinski definition) is 2. The van der Waals surface area contributed by atoms with E-state index in [1.54, 1.807) is 13.0 Å². The number of anilines is 1. The van der Waals surface area contributed by atoms with Gasteiger partial charge in [0.15, 0.2) is 0 Å². The van der Waals surface area contributed by atoms with Crippen molar-refractivity contribution in [3.05, 3.63) is 42.0 Å². The van der Waals surface area contributed by atoms with Crippen LogP contribution < -0.4 is 10.6 Å². The molecule has 0 bridgehead atoms. The first kappa shape index (κ1) is 10.8. The van der Waals surface area contributed by atoms with Gasteiger partial charge in [-0.3, -0.25) is 9.59 Å². The lowest BCUT2D eigenvalue weighted by atomic mass is 10.0. The zero-order chi connectivity index (χ0) is 12.7.